The molecule has 0 radical (unpaired) electrons. The molecule has 0 aliphatic carbocycles. The highest BCUT2D eigenvalue weighted by Gasteiger charge is 2.30. The Bertz CT molecular complexity index is 1380. The predicted octanol–water partition coefficient (Wildman–Crippen LogP) is 4.20. The van der Waals surface area contributed by atoms with E-state index >= 15 is 0 Å². The number of nitrogens with zero attached hydrogens (tertiary/aromatic N) is 4. The van der Waals surface area contributed by atoms with E-state index in [0.717, 1.165) is 28.9 Å². The molecular formula is C21H15ClF3N5O2. The molecule has 0 saturated heterocycles. The van der Waals surface area contributed by atoms with Gasteiger partial charge in [0.15, 0.2) is 0 Å². The summed E-state index contributed by atoms with van der Waals surface area (Å²) in [7, 11) is 0. The zero-order chi connectivity index (χ0) is 23.0. The van der Waals surface area contributed by atoms with Gasteiger partial charge >= 0.3 is 6.18 Å². The lowest BCUT2D eigenvalue weighted by Crippen LogP contribution is -2.31. The molecule has 2 heterocycles. The molecule has 0 fully saturated rings. The summed E-state index contributed by atoms with van der Waals surface area (Å²) in [6.07, 6.45) is -2.97. The van der Waals surface area contributed by atoms with Crippen LogP contribution in [0.3, 0.4) is 0 Å². The monoisotopic (exact) mass is 461 g/mol. The summed E-state index contributed by atoms with van der Waals surface area (Å²) in [5, 5.41) is 11.9. The Labute approximate surface area is 184 Å². The van der Waals surface area contributed by atoms with Gasteiger partial charge in [0.2, 0.25) is 5.91 Å². The molecule has 0 aliphatic heterocycles. The number of alkyl halides is 3. The van der Waals surface area contributed by atoms with E-state index in [2.05, 4.69) is 15.5 Å². The average molecular weight is 462 g/mol. The first kappa shape index (κ1) is 21.6. The van der Waals surface area contributed by atoms with Gasteiger partial charge in [-0.1, -0.05) is 17.7 Å². The number of carbonyl (C=O) groups is 1. The average Bonchev–Trinajstić information content (AvgIpc) is 3.17. The highest BCUT2D eigenvalue weighted by atomic mass is 35.5. The molecule has 0 aliphatic rings. The minimum Gasteiger partial charge on any atom is -0.324 e. The Morgan fingerprint density at radius 1 is 1.16 bits per heavy atom. The molecule has 4 rings (SSSR count). The van der Waals surface area contributed by atoms with Gasteiger partial charge < -0.3 is 5.32 Å². The molecule has 164 valence electrons. The first-order chi connectivity index (χ1) is 15.1. The van der Waals surface area contributed by atoms with E-state index in [1.165, 1.54) is 10.9 Å². The van der Waals surface area contributed by atoms with Gasteiger partial charge in [-0.2, -0.15) is 23.4 Å². The lowest BCUT2D eigenvalue weighted by Gasteiger charge is -2.10. The third-order valence-corrected chi connectivity index (χ3v) is 4.94. The molecule has 32 heavy (non-hydrogen) atoms. The van der Waals surface area contributed by atoms with Crippen LogP contribution >= 0.6 is 11.6 Å². The fraction of sp³-hybridized carbons (Fsp3) is 0.143. The maximum atomic E-state index is 13.1. The van der Waals surface area contributed by atoms with Gasteiger partial charge in [0, 0.05) is 16.1 Å². The molecule has 2 aromatic carbocycles. The summed E-state index contributed by atoms with van der Waals surface area (Å²) < 4.78 is 40.5. The molecule has 0 spiro atoms. The van der Waals surface area contributed by atoms with Crippen molar-refractivity contribution in [2.45, 2.75) is 19.6 Å². The molecule has 0 saturated carbocycles. The van der Waals surface area contributed by atoms with Crippen molar-refractivity contribution in [3.8, 4) is 5.69 Å². The number of halogens is 4. The van der Waals surface area contributed by atoms with Gasteiger partial charge in [0.1, 0.15) is 12.1 Å². The molecule has 7 nitrogen and oxygen atoms in total. The number of benzene rings is 2. The van der Waals surface area contributed by atoms with E-state index in [4.69, 9.17) is 11.6 Å². The summed E-state index contributed by atoms with van der Waals surface area (Å²) >= 11 is 6.04. The third kappa shape index (κ3) is 4.22. The van der Waals surface area contributed by atoms with Crippen molar-refractivity contribution in [1.82, 2.24) is 19.6 Å². The minimum atomic E-state index is -4.47. The van der Waals surface area contributed by atoms with Crippen molar-refractivity contribution in [2.24, 2.45) is 0 Å². The Hall–Kier alpha value is -3.66. The largest absolute Gasteiger partial charge is 0.416 e. The van der Waals surface area contributed by atoms with E-state index in [1.54, 1.807) is 31.2 Å². The van der Waals surface area contributed by atoms with E-state index in [9.17, 15) is 22.8 Å². The number of nitrogens with one attached hydrogen (secondary N) is 1. The summed E-state index contributed by atoms with van der Waals surface area (Å²) in [6, 6.07) is 10.8. The first-order valence-electron chi connectivity index (χ1n) is 9.32. The Morgan fingerprint density at radius 3 is 2.53 bits per heavy atom. The second-order valence-corrected chi connectivity index (χ2v) is 7.41. The molecule has 0 atom stereocenters. The van der Waals surface area contributed by atoms with E-state index < -0.39 is 29.8 Å². The molecule has 0 unspecified atom stereocenters. The SMILES string of the molecule is Cc1nn(CC(=O)Nc2ccc(C(F)(F)F)cc2)c(=O)c2c1cnn2-c1cccc(Cl)c1. The summed E-state index contributed by atoms with van der Waals surface area (Å²) in [5.74, 6) is -0.619. The van der Waals surface area contributed by atoms with Gasteiger partial charge in [0.25, 0.3) is 5.56 Å². The molecular weight excluding hydrogens is 447 g/mol. The molecule has 1 amide bonds. The predicted molar refractivity (Wildman–Crippen MR) is 113 cm³/mol. The lowest BCUT2D eigenvalue weighted by molar-refractivity contribution is -0.137. The van der Waals surface area contributed by atoms with E-state index in [-0.39, 0.29) is 11.2 Å². The number of hydrogen-bond acceptors (Lipinski definition) is 4. The van der Waals surface area contributed by atoms with Crippen LogP contribution in [0.15, 0.2) is 59.5 Å². The fourth-order valence-electron chi connectivity index (χ4n) is 3.21. The third-order valence-electron chi connectivity index (χ3n) is 4.71. The van der Waals surface area contributed by atoms with Crippen LogP contribution in [0.4, 0.5) is 18.9 Å². The van der Waals surface area contributed by atoms with Gasteiger partial charge in [-0.25, -0.2) is 9.36 Å². The normalized spacial score (nSPS) is 11.7. The molecule has 4 aromatic rings. The quantitative estimate of drug-likeness (QED) is 0.494. The van der Waals surface area contributed by atoms with Crippen molar-refractivity contribution in [2.75, 3.05) is 5.32 Å². The highest BCUT2D eigenvalue weighted by molar-refractivity contribution is 6.30. The van der Waals surface area contributed by atoms with Crippen molar-refractivity contribution in [3.05, 3.63) is 81.4 Å². The number of aryl methyl sites for hydroxylation is 1. The Balaban J connectivity index is 1.63. The number of carbonyl (C=O) groups excluding carboxylic acids is 1. The van der Waals surface area contributed by atoms with Crippen LogP contribution in [0.2, 0.25) is 5.02 Å². The highest BCUT2D eigenvalue weighted by Crippen LogP contribution is 2.29. The standard InChI is InChI=1S/C21H15ClF3N5O2/c1-12-17-10-26-30(16-4-2-3-14(22)9-16)19(17)20(32)29(28-12)11-18(31)27-15-7-5-13(6-8-15)21(23,24)25/h2-10H,11H2,1H3,(H,27,31). The van der Waals surface area contributed by atoms with Crippen LogP contribution in [0.25, 0.3) is 16.6 Å². The van der Waals surface area contributed by atoms with Gasteiger partial charge in [0.05, 0.1) is 23.1 Å². The van der Waals surface area contributed by atoms with Crippen LogP contribution in [0.1, 0.15) is 11.3 Å². The van der Waals surface area contributed by atoms with Crippen LogP contribution in [0, 0.1) is 6.92 Å². The molecule has 2 aromatic heterocycles. The number of rotatable bonds is 4. The Kier molecular flexibility index (Phi) is 5.47. The van der Waals surface area contributed by atoms with Crippen molar-refractivity contribution < 1.29 is 18.0 Å². The second-order valence-electron chi connectivity index (χ2n) is 6.97. The minimum absolute atomic E-state index is 0.165. The number of hydrogen-bond donors (Lipinski definition) is 1. The number of aromatic nitrogens is 4. The van der Waals surface area contributed by atoms with Gasteiger partial charge in [-0.05, 0) is 49.4 Å². The topological polar surface area (TPSA) is 81.8 Å². The maximum absolute atomic E-state index is 13.1. The lowest BCUT2D eigenvalue weighted by atomic mass is 10.2. The molecule has 1 N–H and O–H groups in total. The zero-order valence-electron chi connectivity index (χ0n) is 16.5. The zero-order valence-corrected chi connectivity index (χ0v) is 17.3. The second kappa shape index (κ2) is 8.12. The first-order valence-corrected chi connectivity index (χ1v) is 9.70. The van der Waals surface area contributed by atoms with Crippen molar-refractivity contribution in [1.29, 1.82) is 0 Å². The van der Waals surface area contributed by atoms with Crippen LogP contribution < -0.4 is 10.9 Å². The Morgan fingerprint density at radius 2 is 1.88 bits per heavy atom. The fourth-order valence-corrected chi connectivity index (χ4v) is 3.40. The van der Waals surface area contributed by atoms with Crippen molar-refractivity contribution >= 4 is 34.1 Å². The number of amides is 1. The van der Waals surface area contributed by atoms with Crippen LogP contribution in [0.5, 0.6) is 0 Å². The van der Waals surface area contributed by atoms with Gasteiger partial charge in [-0.3, -0.25) is 9.59 Å². The summed E-state index contributed by atoms with van der Waals surface area (Å²) in [6.45, 7) is 1.24. The maximum Gasteiger partial charge on any atom is 0.416 e. The number of fused-ring (bicyclic) bond motifs is 1. The van der Waals surface area contributed by atoms with E-state index in [1.807, 2.05) is 0 Å². The van der Waals surface area contributed by atoms with Crippen molar-refractivity contribution in [3.63, 3.8) is 0 Å². The number of anilines is 1. The van der Waals surface area contributed by atoms with Crippen LogP contribution in [-0.2, 0) is 17.5 Å². The van der Waals surface area contributed by atoms with Gasteiger partial charge in [-0.15, -0.1) is 0 Å². The summed E-state index contributed by atoms with van der Waals surface area (Å²) in [5.41, 5.74) is 0.0560. The molecule has 0 bridgehead atoms. The molecule has 11 heteroatoms. The van der Waals surface area contributed by atoms with E-state index in [0.29, 0.717) is 21.8 Å². The van der Waals surface area contributed by atoms with Crippen LogP contribution in [-0.4, -0.2) is 25.5 Å². The summed E-state index contributed by atoms with van der Waals surface area (Å²) in [4.78, 5) is 25.5. The smallest absolute Gasteiger partial charge is 0.324 e.